The molecule has 9 heteroatoms. The second kappa shape index (κ2) is 7.51. The average molecular weight is 355 g/mol. The van der Waals surface area contributed by atoms with E-state index in [1.807, 2.05) is 0 Å². The van der Waals surface area contributed by atoms with E-state index < -0.39 is 17.6 Å². The summed E-state index contributed by atoms with van der Waals surface area (Å²) < 4.78 is 14.5. The Balaban J connectivity index is 1.58. The average Bonchev–Trinajstić information content (AvgIpc) is 2.66. The van der Waals surface area contributed by atoms with E-state index in [4.69, 9.17) is 0 Å². The largest absolute Gasteiger partial charge is 0.277 e. The fourth-order valence-corrected chi connectivity index (χ4v) is 2.28. The standard InChI is InChI=1S/C17H14FN5O3/c18-13-7-3-1-5-11(13)16(25)21-20-15(24)9-10-23-17(26)12-6-2-4-8-14(12)19-22-23/h1-8H,9-10H2,(H,20,24)(H,21,25). The number of carbonyl (C=O) groups excluding carboxylic acids is 2. The van der Waals surface area contributed by atoms with Crippen molar-refractivity contribution in [2.75, 3.05) is 0 Å². The molecule has 0 radical (unpaired) electrons. The molecular formula is C17H14FN5O3. The zero-order valence-electron chi connectivity index (χ0n) is 13.5. The molecule has 3 aromatic rings. The van der Waals surface area contributed by atoms with Gasteiger partial charge in [-0.15, -0.1) is 5.10 Å². The van der Waals surface area contributed by atoms with Gasteiger partial charge in [0.15, 0.2) is 0 Å². The summed E-state index contributed by atoms with van der Waals surface area (Å²) in [6, 6.07) is 12.1. The lowest BCUT2D eigenvalue weighted by Crippen LogP contribution is -2.42. The van der Waals surface area contributed by atoms with Crippen LogP contribution in [0.4, 0.5) is 4.39 Å². The van der Waals surface area contributed by atoms with Gasteiger partial charge in [-0.05, 0) is 24.3 Å². The number of hydrogen-bond acceptors (Lipinski definition) is 5. The first-order valence-corrected chi connectivity index (χ1v) is 7.72. The van der Waals surface area contributed by atoms with Gasteiger partial charge in [0.05, 0.1) is 17.5 Å². The van der Waals surface area contributed by atoms with Crippen LogP contribution in [-0.2, 0) is 11.3 Å². The highest BCUT2D eigenvalue weighted by Crippen LogP contribution is 2.05. The predicted octanol–water partition coefficient (Wildman–Crippen LogP) is 0.782. The van der Waals surface area contributed by atoms with Gasteiger partial charge in [-0.25, -0.2) is 9.07 Å². The Morgan fingerprint density at radius 2 is 1.77 bits per heavy atom. The van der Waals surface area contributed by atoms with E-state index in [0.29, 0.717) is 10.9 Å². The van der Waals surface area contributed by atoms with Crippen LogP contribution in [0.2, 0.25) is 0 Å². The minimum absolute atomic E-state index is 0.0158. The maximum atomic E-state index is 13.5. The van der Waals surface area contributed by atoms with E-state index in [0.717, 1.165) is 10.7 Å². The lowest BCUT2D eigenvalue weighted by Gasteiger charge is -2.08. The molecule has 26 heavy (non-hydrogen) atoms. The molecular weight excluding hydrogens is 341 g/mol. The fraction of sp³-hybridized carbons (Fsp3) is 0.118. The van der Waals surface area contributed by atoms with Gasteiger partial charge in [-0.1, -0.05) is 29.5 Å². The quantitative estimate of drug-likeness (QED) is 0.673. The van der Waals surface area contributed by atoms with Crippen LogP contribution in [0.3, 0.4) is 0 Å². The van der Waals surface area contributed by atoms with Crippen LogP contribution in [0, 0.1) is 5.82 Å². The third-order valence-electron chi connectivity index (χ3n) is 3.61. The molecule has 2 aromatic carbocycles. The molecule has 0 aliphatic rings. The Morgan fingerprint density at radius 1 is 1.04 bits per heavy atom. The van der Waals surface area contributed by atoms with Gasteiger partial charge in [0.1, 0.15) is 11.3 Å². The number of hydrogen-bond donors (Lipinski definition) is 2. The van der Waals surface area contributed by atoms with Crippen LogP contribution in [0.25, 0.3) is 10.9 Å². The number of benzene rings is 2. The van der Waals surface area contributed by atoms with Crippen molar-refractivity contribution in [2.45, 2.75) is 13.0 Å². The minimum Gasteiger partial charge on any atom is -0.273 e. The second-order valence-electron chi connectivity index (χ2n) is 5.37. The van der Waals surface area contributed by atoms with Gasteiger partial charge < -0.3 is 0 Å². The number of hydrazine groups is 1. The zero-order valence-corrected chi connectivity index (χ0v) is 13.5. The number of fused-ring (bicyclic) bond motifs is 1. The lowest BCUT2D eigenvalue weighted by atomic mass is 10.2. The molecule has 0 atom stereocenters. The van der Waals surface area contributed by atoms with Crippen molar-refractivity contribution in [3.63, 3.8) is 0 Å². The second-order valence-corrected chi connectivity index (χ2v) is 5.37. The number of carbonyl (C=O) groups is 2. The number of aromatic nitrogens is 3. The zero-order chi connectivity index (χ0) is 18.5. The number of amides is 2. The van der Waals surface area contributed by atoms with E-state index in [9.17, 15) is 18.8 Å². The summed E-state index contributed by atoms with van der Waals surface area (Å²) in [6.45, 7) is -0.0158. The van der Waals surface area contributed by atoms with E-state index in [2.05, 4.69) is 21.2 Å². The van der Waals surface area contributed by atoms with Gasteiger partial charge >= 0.3 is 0 Å². The van der Waals surface area contributed by atoms with E-state index in [1.54, 1.807) is 24.3 Å². The van der Waals surface area contributed by atoms with Crippen LogP contribution in [0.5, 0.6) is 0 Å². The fourth-order valence-electron chi connectivity index (χ4n) is 2.28. The lowest BCUT2D eigenvalue weighted by molar-refractivity contribution is -0.122. The van der Waals surface area contributed by atoms with Crippen molar-refractivity contribution in [1.29, 1.82) is 0 Å². The van der Waals surface area contributed by atoms with Crippen LogP contribution in [0.15, 0.2) is 53.3 Å². The predicted molar refractivity (Wildman–Crippen MR) is 90.4 cm³/mol. The topological polar surface area (TPSA) is 106 Å². The molecule has 0 fully saturated rings. The normalized spacial score (nSPS) is 10.5. The van der Waals surface area contributed by atoms with Crippen LogP contribution in [-0.4, -0.2) is 26.8 Å². The van der Waals surface area contributed by atoms with Crippen LogP contribution < -0.4 is 16.4 Å². The third kappa shape index (κ3) is 3.72. The Labute approximate surface area is 146 Å². The first-order chi connectivity index (χ1) is 12.6. The molecule has 0 unspecified atom stereocenters. The summed E-state index contributed by atoms with van der Waals surface area (Å²) in [5.74, 6) is -2.03. The summed E-state index contributed by atoms with van der Waals surface area (Å²) in [6.07, 6.45) is -0.121. The molecule has 2 N–H and O–H groups in total. The summed E-state index contributed by atoms with van der Waals surface area (Å²) in [4.78, 5) is 35.9. The van der Waals surface area contributed by atoms with Crippen molar-refractivity contribution in [3.05, 3.63) is 70.3 Å². The number of nitrogens with one attached hydrogen (secondary N) is 2. The summed E-state index contributed by atoms with van der Waals surface area (Å²) in [5.41, 5.74) is 4.20. The molecule has 1 heterocycles. The highest BCUT2D eigenvalue weighted by molar-refractivity contribution is 5.95. The Kier molecular flexibility index (Phi) is 4.97. The molecule has 3 rings (SSSR count). The molecule has 1 aromatic heterocycles. The van der Waals surface area contributed by atoms with Crippen molar-refractivity contribution < 1.29 is 14.0 Å². The Bertz CT molecular complexity index is 1030. The van der Waals surface area contributed by atoms with Crippen molar-refractivity contribution in [3.8, 4) is 0 Å². The first kappa shape index (κ1) is 17.2. The molecule has 0 spiro atoms. The van der Waals surface area contributed by atoms with Gasteiger partial charge in [0, 0.05) is 6.42 Å². The molecule has 0 aliphatic heterocycles. The molecule has 0 bridgehead atoms. The van der Waals surface area contributed by atoms with Crippen LogP contribution >= 0.6 is 0 Å². The highest BCUT2D eigenvalue weighted by atomic mass is 19.1. The van der Waals surface area contributed by atoms with Gasteiger partial charge in [-0.2, -0.15) is 0 Å². The first-order valence-electron chi connectivity index (χ1n) is 7.72. The smallest absolute Gasteiger partial charge is 0.273 e. The van der Waals surface area contributed by atoms with Gasteiger partial charge in [0.2, 0.25) is 5.91 Å². The number of halogens is 1. The molecule has 0 saturated carbocycles. The highest BCUT2D eigenvalue weighted by Gasteiger charge is 2.12. The molecule has 2 amide bonds. The third-order valence-corrected chi connectivity index (χ3v) is 3.61. The number of aryl methyl sites for hydroxylation is 1. The maximum Gasteiger partial charge on any atom is 0.277 e. The minimum atomic E-state index is -0.779. The Hall–Kier alpha value is -3.62. The van der Waals surface area contributed by atoms with Gasteiger partial charge in [0.25, 0.3) is 11.5 Å². The van der Waals surface area contributed by atoms with Gasteiger partial charge in [-0.3, -0.25) is 25.2 Å². The van der Waals surface area contributed by atoms with E-state index >= 15 is 0 Å². The molecule has 132 valence electrons. The van der Waals surface area contributed by atoms with E-state index in [1.165, 1.54) is 18.2 Å². The summed E-state index contributed by atoms with van der Waals surface area (Å²) in [7, 11) is 0. The number of rotatable bonds is 4. The molecule has 0 aliphatic carbocycles. The van der Waals surface area contributed by atoms with Crippen LogP contribution in [0.1, 0.15) is 16.8 Å². The monoisotopic (exact) mass is 355 g/mol. The maximum absolute atomic E-state index is 13.5. The molecule has 8 nitrogen and oxygen atoms in total. The van der Waals surface area contributed by atoms with Crippen molar-refractivity contribution in [2.24, 2.45) is 0 Å². The Morgan fingerprint density at radius 3 is 2.58 bits per heavy atom. The molecule has 0 saturated heterocycles. The summed E-state index contributed by atoms with van der Waals surface area (Å²) in [5, 5.41) is 8.08. The van der Waals surface area contributed by atoms with E-state index in [-0.39, 0.29) is 24.1 Å². The number of nitrogens with zero attached hydrogens (tertiary/aromatic N) is 3. The van der Waals surface area contributed by atoms with Crippen molar-refractivity contribution >= 4 is 22.7 Å². The SMILES string of the molecule is O=C(CCn1nnc2ccccc2c1=O)NNC(=O)c1ccccc1F. The van der Waals surface area contributed by atoms with Crippen molar-refractivity contribution in [1.82, 2.24) is 25.8 Å². The summed E-state index contributed by atoms with van der Waals surface area (Å²) >= 11 is 0.